The van der Waals surface area contributed by atoms with Crippen molar-refractivity contribution in [1.82, 2.24) is 9.80 Å². The van der Waals surface area contributed by atoms with Crippen LogP contribution in [0.4, 0.5) is 0 Å². The van der Waals surface area contributed by atoms with Crippen molar-refractivity contribution in [1.29, 1.82) is 0 Å². The van der Waals surface area contributed by atoms with E-state index in [0.29, 0.717) is 19.0 Å². The molecule has 118 valence electrons. The molecule has 0 bridgehead atoms. The number of carbonyl (C=O) groups excluding carboxylic acids is 2. The van der Waals surface area contributed by atoms with Crippen molar-refractivity contribution in [2.75, 3.05) is 26.2 Å². The molecule has 0 aromatic heterocycles. The number of unbranched alkanes of at least 4 members (excludes halogenated alkanes) is 1. The van der Waals surface area contributed by atoms with Gasteiger partial charge in [-0.15, -0.1) is 0 Å². The Balaban J connectivity index is 1.54. The third kappa shape index (κ3) is 3.16. The molecule has 2 atom stereocenters. The van der Waals surface area contributed by atoms with Crippen LogP contribution in [0.5, 0.6) is 0 Å². The number of carbonyl (C=O) groups is 2. The molecule has 0 N–H and O–H groups in total. The van der Waals surface area contributed by atoms with Crippen LogP contribution in [0.15, 0.2) is 30.3 Å². The molecule has 1 saturated heterocycles. The molecule has 1 aliphatic heterocycles. The van der Waals surface area contributed by atoms with Crippen molar-refractivity contribution in [2.24, 2.45) is 5.92 Å². The molecule has 22 heavy (non-hydrogen) atoms. The number of rotatable bonds is 5. The highest BCUT2D eigenvalue weighted by molar-refractivity contribution is 5.89. The van der Waals surface area contributed by atoms with Crippen LogP contribution in [-0.4, -0.2) is 47.8 Å². The van der Waals surface area contributed by atoms with E-state index in [-0.39, 0.29) is 24.3 Å². The van der Waals surface area contributed by atoms with Gasteiger partial charge in [0.2, 0.25) is 11.8 Å². The molecule has 4 nitrogen and oxygen atoms in total. The van der Waals surface area contributed by atoms with Crippen LogP contribution in [0.1, 0.15) is 37.7 Å². The Bertz CT molecular complexity index is 543. The molecule has 1 aromatic rings. The molecule has 2 fully saturated rings. The highest BCUT2D eigenvalue weighted by Crippen LogP contribution is 2.48. The van der Waals surface area contributed by atoms with Gasteiger partial charge in [0, 0.05) is 25.6 Å². The van der Waals surface area contributed by atoms with Gasteiger partial charge < -0.3 is 9.80 Å². The lowest BCUT2D eigenvalue weighted by Gasteiger charge is -2.34. The van der Waals surface area contributed by atoms with Crippen molar-refractivity contribution >= 4 is 11.8 Å². The molecule has 4 heteroatoms. The fourth-order valence-electron chi connectivity index (χ4n) is 3.25. The van der Waals surface area contributed by atoms with Crippen LogP contribution in [0.2, 0.25) is 0 Å². The van der Waals surface area contributed by atoms with Gasteiger partial charge in [-0.1, -0.05) is 43.7 Å². The molecule has 2 aliphatic rings. The average molecular weight is 300 g/mol. The first kappa shape index (κ1) is 15.1. The topological polar surface area (TPSA) is 40.6 Å². The van der Waals surface area contributed by atoms with Crippen LogP contribution in [0, 0.1) is 5.92 Å². The summed E-state index contributed by atoms with van der Waals surface area (Å²) in [5, 5.41) is 0. The lowest BCUT2D eigenvalue weighted by molar-refractivity contribution is -0.146. The molecule has 3 rings (SSSR count). The molecular formula is C18H24N2O2. The van der Waals surface area contributed by atoms with Gasteiger partial charge in [0.1, 0.15) is 0 Å². The van der Waals surface area contributed by atoms with Gasteiger partial charge in [0.05, 0.1) is 6.54 Å². The maximum atomic E-state index is 12.6. The first-order valence-corrected chi connectivity index (χ1v) is 8.32. The molecular weight excluding hydrogens is 276 g/mol. The Morgan fingerprint density at radius 1 is 1.23 bits per heavy atom. The number of hydrogen-bond acceptors (Lipinski definition) is 2. The second-order valence-corrected chi connectivity index (χ2v) is 6.35. The minimum absolute atomic E-state index is 0.0809. The Kier molecular flexibility index (Phi) is 4.46. The number of nitrogens with zero attached hydrogens (tertiary/aromatic N) is 2. The van der Waals surface area contributed by atoms with Gasteiger partial charge in [-0.05, 0) is 24.3 Å². The molecule has 1 aromatic carbocycles. The Hall–Kier alpha value is -1.84. The Morgan fingerprint density at radius 2 is 2.00 bits per heavy atom. The van der Waals surface area contributed by atoms with Gasteiger partial charge in [-0.2, -0.15) is 0 Å². The van der Waals surface area contributed by atoms with E-state index in [0.717, 1.165) is 25.8 Å². The van der Waals surface area contributed by atoms with Crippen molar-refractivity contribution in [2.45, 2.75) is 32.1 Å². The predicted octanol–water partition coefficient (Wildman–Crippen LogP) is 2.26. The quantitative estimate of drug-likeness (QED) is 0.837. The minimum atomic E-state index is 0.0809. The van der Waals surface area contributed by atoms with Gasteiger partial charge in [0.25, 0.3) is 0 Å². The fraction of sp³-hybridized carbons (Fsp3) is 0.556. The van der Waals surface area contributed by atoms with Crippen LogP contribution in [0.3, 0.4) is 0 Å². The molecule has 0 unspecified atom stereocenters. The summed E-state index contributed by atoms with van der Waals surface area (Å²) in [5.74, 6) is 0.696. The number of benzene rings is 1. The van der Waals surface area contributed by atoms with E-state index in [2.05, 4.69) is 19.1 Å². The summed E-state index contributed by atoms with van der Waals surface area (Å²) in [6, 6.07) is 10.2. The van der Waals surface area contributed by atoms with E-state index in [4.69, 9.17) is 0 Å². The van der Waals surface area contributed by atoms with Crippen LogP contribution >= 0.6 is 0 Å². The largest absolute Gasteiger partial charge is 0.339 e. The van der Waals surface area contributed by atoms with Gasteiger partial charge >= 0.3 is 0 Å². The van der Waals surface area contributed by atoms with Crippen molar-refractivity contribution in [3.8, 4) is 0 Å². The summed E-state index contributed by atoms with van der Waals surface area (Å²) in [7, 11) is 0. The molecule has 1 aliphatic carbocycles. The lowest BCUT2D eigenvalue weighted by atomic mass is 10.1. The number of hydrogen-bond donors (Lipinski definition) is 0. The summed E-state index contributed by atoms with van der Waals surface area (Å²) in [4.78, 5) is 28.4. The zero-order chi connectivity index (χ0) is 15.5. The second-order valence-electron chi connectivity index (χ2n) is 6.35. The van der Waals surface area contributed by atoms with Crippen molar-refractivity contribution in [3.05, 3.63) is 35.9 Å². The highest BCUT2D eigenvalue weighted by atomic mass is 16.2. The molecule has 1 saturated carbocycles. The third-order valence-corrected chi connectivity index (χ3v) is 4.75. The fourth-order valence-corrected chi connectivity index (χ4v) is 3.25. The van der Waals surface area contributed by atoms with E-state index in [1.807, 2.05) is 23.1 Å². The van der Waals surface area contributed by atoms with Crippen LogP contribution in [0.25, 0.3) is 0 Å². The number of amides is 2. The SMILES string of the molecule is CCCCN1CCN(C(=O)[C@H]2C[C@@H]2c2ccccc2)CC1=O. The predicted molar refractivity (Wildman–Crippen MR) is 85.4 cm³/mol. The normalized spacial score (nSPS) is 24.5. The van der Waals surface area contributed by atoms with Gasteiger partial charge in [-0.3, -0.25) is 9.59 Å². The smallest absolute Gasteiger partial charge is 0.242 e. The van der Waals surface area contributed by atoms with E-state index in [9.17, 15) is 9.59 Å². The lowest BCUT2D eigenvalue weighted by Crippen LogP contribution is -2.52. The first-order valence-electron chi connectivity index (χ1n) is 8.32. The zero-order valence-corrected chi connectivity index (χ0v) is 13.2. The summed E-state index contributed by atoms with van der Waals surface area (Å²) in [5.41, 5.74) is 1.24. The monoisotopic (exact) mass is 300 g/mol. The minimum Gasteiger partial charge on any atom is -0.339 e. The maximum absolute atomic E-state index is 12.6. The molecule has 0 spiro atoms. The summed E-state index contributed by atoms with van der Waals surface area (Å²) >= 11 is 0. The van der Waals surface area contributed by atoms with E-state index < -0.39 is 0 Å². The zero-order valence-electron chi connectivity index (χ0n) is 13.2. The van der Waals surface area contributed by atoms with Crippen molar-refractivity contribution < 1.29 is 9.59 Å². The van der Waals surface area contributed by atoms with Gasteiger partial charge in [0.15, 0.2) is 0 Å². The second kappa shape index (κ2) is 6.51. The van der Waals surface area contributed by atoms with Crippen LogP contribution < -0.4 is 0 Å². The molecule has 1 heterocycles. The summed E-state index contributed by atoms with van der Waals surface area (Å²) in [6.07, 6.45) is 3.05. The van der Waals surface area contributed by atoms with E-state index in [1.54, 1.807) is 4.90 Å². The highest BCUT2D eigenvalue weighted by Gasteiger charge is 2.46. The van der Waals surface area contributed by atoms with Crippen LogP contribution in [-0.2, 0) is 9.59 Å². The third-order valence-electron chi connectivity index (χ3n) is 4.75. The molecule has 2 amide bonds. The number of piperazine rings is 1. The summed E-state index contributed by atoms with van der Waals surface area (Å²) < 4.78 is 0. The Labute approximate surface area is 132 Å². The standard InChI is InChI=1S/C18H24N2O2/c1-2-3-9-19-10-11-20(13-17(19)21)18(22)16-12-15(16)14-7-5-4-6-8-14/h4-8,15-16H,2-3,9-13H2,1H3/t15-,16+/m1/s1. The Morgan fingerprint density at radius 3 is 2.68 bits per heavy atom. The van der Waals surface area contributed by atoms with E-state index >= 15 is 0 Å². The van der Waals surface area contributed by atoms with Gasteiger partial charge in [-0.25, -0.2) is 0 Å². The average Bonchev–Trinajstić information content (AvgIpc) is 3.34. The maximum Gasteiger partial charge on any atom is 0.242 e. The first-order chi connectivity index (χ1) is 10.7. The summed E-state index contributed by atoms with van der Waals surface area (Å²) in [6.45, 7) is 4.59. The molecule has 0 radical (unpaired) electrons. The van der Waals surface area contributed by atoms with E-state index in [1.165, 1.54) is 5.56 Å². The van der Waals surface area contributed by atoms with Crippen molar-refractivity contribution in [3.63, 3.8) is 0 Å².